The number of carbonyl (C=O) groups is 3. The smallest absolute Gasteiger partial charge is 0.232 e. The van der Waals surface area contributed by atoms with E-state index in [9.17, 15) is 39.6 Å². The van der Waals surface area contributed by atoms with Gasteiger partial charge in [-0.2, -0.15) is 0 Å². The molecule has 3 amide bonds. The summed E-state index contributed by atoms with van der Waals surface area (Å²) >= 11 is 0. The molecule has 0 rings (SSSR count). The van der Waals surface area contributed by atoms with E-state index in [2.05, 4.69) is 20.8 Å². The number of rotatable bonds is 30. The van der Waals surface area contributed by atoms with Crippen LogP contribution in [0.1, 0.15) is 156 Å². The fourth-order valence-corrected chi connectivity index (χ4v) is 8.37. The first kappa shape index (κ1) is 50.6. The van der Waals surface area contributed by atoms with Crippen LogP contribution in [0.15, 0.2) is 0 Å². The predicted octanol–water partition coefficient (Wildman–Crippen LogP) is 4.91. The van der Waals surface area contributed by atoms with Crippen molar-refractivity contribution in [3.8, 4) is 0 Å². The maximum atomic E-state index is 11.3. The van der Waals surface area contributed by atoms with E-state index in [4.69, 9.17) is 17.2 Å². The Morgan fingerprint density at radius 1 is 0.333 bits per heavy atom. The molecule has 0 aliphatic rings. The van der Waals surface area contributed by atoms with Gasteiger partial charge < -0.3 is 17.2 Å². The van der Waals surface area contributed by atoms with E-state index in [1.807, 2.05) is 0 Å². The average Bonchev–Trinajstić information content (AvgIpc) is 2.94. The van der Waals surface area contributed by atoms with Crippen molar-refractivity contribution < 1.29 is 39.6 Å². The average molecular weight is 748 g/mol. The zero-order valence-electron chi connectivity index (χ0n) is 30.2. The molecule has 0 saturated heterocycles. The highest BCUT2D eigenvalue weighted by atomic mass is 32.2. The third-order valence-corrected chi connectivity index (χ3v) is 12.2. The first-order valence-corrected chi connectivity index (χ1v) is 23.4. The van der Waals surface area contributed by atoms with Gasteiger partial charge in [0.2, 0.25) is 17.7 Å². The summed E-state index contributed by atoms with van der Waals surface area (Å²) < 4.78 is 67.6. The molecule has 0 aromatic rings. The Labute approximate surface area is 293 Å². The van der Waals surface area contributed by atoms with E-state index in [-0.39, 0.29) is 17.3 Å². The first-order chi connectivity index (χ1) is 22.4. The minimum atomic E-state index is -3.26. The Morgan fingerprint density at radius 2 is 0.500 bits per heavy atom. The van der Waals surface area contributed by atoms with E-state index in [0.29, 0.717) is 19.3 Å². The van der Waals surface area contributed by atoms with Crippen LogP contribution in [0.3, 0.4) is 0 Å². The summed E-state index contributed by atoms with van der Waals surface area (Å²) in [5.41, 5.74) is 14.5. The molecule has 0 aliphatic heterocycles. The Morgan fingerprint density at radius 3 is 0.667 bits per heavy atom. The van der Waals surface area contributed by atoms with Crippen LogP contribution >= 0.6 is 0 Å². The molecule has 0 fully saturated rings. The van der Waals surface area contributed by atoms with Gasteiger partial charge in [0.15, 0.2) is 29.5 Å². The lowest BCUT2D eigenvalue weighted by Crippen LogP contribution is -2.24. The minimum absolute atomic E-state index is 0.0854. The number of carbonyl (C=O) groups excluding carboxylic acids is 3. The predicted molar refractivity (Wildman–Crippen MR) is 198 cm³/mol. The van der Waals surface area contributed by atoms with E-state index in [1.165, 1.54) is 70.6 Å². The monoisotopic (exact) mass is 747 g/mol. The number of primary amides is 3. The van der Waals surface area contributed by atoms with Crippen molar-refractivity contribution in [2.75, 3.05) is 34.5 Å². The Balaban J connectivity index is -0.000000634. The third-order valence-electron chi connectivity index (χ3n) is 7.26. The van der Waals surface area contributed by atoms with E-state index in [0.717, 1.165) is 44.9 Å². The lowest BCUT2D eigenvalue weighted by molar-refractivity contribution is -0.116. The van der Waals surface area contributed by atoms with Gasteiger partial charge >= 0.3 is 0 Å². The Hall–Kier alpha value is -1.74. The van der Waals surface area contributed by atoms with Crippen molar-refractivity contribution in [2.24, 2.45) is 17.2 Å². The third kappa shape index (κ3) is 44.3. The van der Waals surface area contributed by atoms with Gasteiger partial charge in [0.25, 0.3) is 0 Å². The summed E-state index contributed by atoms with van der Waals surface area (Å²) in [6, 6.07) is 0. The molecule has 6 N–H and O–H groups in total. The number of hydrogen-bond acceptors (Lipinski definition) is 9. The fourth-order valence-electron chi connectivity index (χ4n) is 4.70. The van der Waals surface area contributed by atoms with Crippen LogP contribution in [0.5, 0.6) is 0 Å². The molecule has 0 atom stereocenters. The second-order valence-corrected chi connectivity index (χ2v) is 19.1. The fraction of sp³-hybridized carbons (Fsp3) is 0.909. The van der Waals surface area contributed by atoms with Crippen molar-refractivity contribution >= 4 is 47.2 Å². The van der Waals surface area contributed by atoms with Gasteiger partial charge in [-0.1, -0.05) is 136 Å². The number of hydrogen-bond donors (Lipinski definition) is 3. The molecule has 48 heavy (non-hydrogen) atoms. The van der Waals surface area contributed by atoms with Gasteiger partial charge in [-0.25, -0.2) is 25.3 Å². The van der Waals surface area contributed by atoms with Crippen LogP contribution < -0.4 is 17.2 Å². The molecule has 12 nitrogen and oxygen atoms in total. The van der Waals surface area contributed by atoms with Gasteiger partial charge in [0.05, 0.1) is 17.3 Å². The molecule has 0 bridgehead atoms. The Bertz CT molecular complexity index is 1140. The van der Waals surface area contributed by atoms with Crippen molar-refractivity contribution in [2.45, 2.75) is 156 Å². The quantitative estimate of drug-likeness (QED) is 0.0846. The minimum Gasteiger partial charge on any atom is -0.369 e. The molecule has 0 saturated carbocycles. The zero-order chi connectivity index (χ0) is 37.3. The van der Waals surface area contributed by atoms with Gasteiger partial charge in [0.1, 0.15) is 17.3 Å². The molecule has 0 heterocycles. The number of unbranched alkanes of at least 4 members (excludes halogenated alkanes) is 18. The van der Waals surface area contributed by atoms with Crippen molar-refractivity contribution in [3.63, 3.8) is 0 Å². The van der Waals surface area contributed by atoms with Crippen LogP contribution in [0.2, 0.25) is 0 Å². The van der Waals surface area contributed by atoms with Crippen molar-refractivity contribution in [1.82, 2.24) is 0 Å². The van der Waals surface area contributed by atoms with Crippen molar-refractivity contribution in [1.29, 1.82) is 0 Å². The summed E-state index contributed by atoms with van der Waals surface area (Å²) in [7, 11) is -9.76. The summed E-state index contributed by atoms with van der Waals surface area (Å²) in [4.78, 5) is 31.4. The Kier molecular flexibility index (Phi) is 34.2. The topological polar surface area (TPSA) is 232 Å². The normalized spacial score (nSPS) is 11.6. The molecule has 0 spiro atoms. The maximum absolute atomic E-state index is 11.3. The molecule has 15 heteroatoms. The first-order valence-electron chi connectivity index (χ1n) is 17.9. The highest BCUT2D eigenvalue weighted by Gasteiger charge is 2.15. The second-order valence-electron chi connectivity index (χ2n) is 12.5. The summed E-state index contributed by atoms with van der Waals surface area (Å²) in [5, 5.41) is 0. The summed E-state index contributed by atoms with van der Waals surface area (Å²) in [6.07, 6.45) is 22.5. The molecular formula is C33H69N3O9S3. The standard InChI is InChI=1S/C12H25NO3S.C11H23NO3S.C10H21NO3S/c1-2-3-4-5-6-7-8-9-10-17(15,16)11-12(13)14;1-2-3-4-5-6-7-8-9-16(14,15)10-11(12)13;1-2-3-4-5-6-7-8-15(13,14)9-10(11)12/h2-11H2,1H3,(H2,13,14);2-10H2,1H3,(H2,12,13);2-9H2,1H3,(H2,11,12). The van der Waals surface area contributed by atoms with E-state index in [1.54, 1.807) is 0 Å². The molecular weight excluding hydrogens is 679 g/mol. The molecule has 0 aromatic heterocycles. The van der Waals surface area contributed by atoms with Crippen LogP contribution in [0.4, 0.5) is 0 Å². The highest BCUT2D eigenvalue weighted by molar-refractivity contribution is 7.92. The van der Waals surface area contributed by atoms with Crippen LogP contribution in [-0.2, 0) is 43.9 Å². The number of sulfone groups is 3. The highest BCUT2D eigenvalue weighted by Crippen LogP contribution is 2.10. The maximum Gasteiger partial charge on any atom is 0.232 e. The van der Waals surface area contributed by atoms with Gasteiger partial charge in [-0.15, -0.1) is 0 Å². The molecule has 0 aliphatic carbocycles. The van der Waals surface area contributed by atoms with E-state index < -0.39 is 64.5 Å². The van der Waals surface area contributed by atoms with Crippen molar-refractivity contribution in [3.05, 3.63) is 0 Å². The zero-order valence-corrected chi connectivity index (χ0v) is 32.7. The largest absolute Gasteiger partial charge is 0.369 e. The summed E-state index contributed by atoms with van der Waals surface area (Å²) in [6.45, 7) is 6.48. The SMILES string of the molecule is CCCCCCCCCCS(=O)(=O)CC(N)=O.CCCCCCCCCS(=O)(=O)CC(N)=O.CCCCCCCCS(=O)(=O)CC(N)=O. The van der Waals surface area contributed by atoms with Gasteiger partial charge in [-0.05, 0) is 19.3 Å². The van der Waals surface area contributed by atoms with Crippen LogP contribution in [0, 0.1) is 0 Å². The van der Waals surface area contributed by atoms with Crippen LogP contribution in [-0.4, -0.2) is 77.5 Å². The van der Waals surface area contributed by atoms with Crippen LogP contribution in [0.25, 0.3) is 0 Å². The lowest BCUT2D eigenvalue weighted by Gasteiger charge is -2.02. The van der Waals surface area contributed by atoms with Gasteiger partial charge in [0, 0.05) is 0 Å². The summed E-state index contributed by atoms with van der Waals surface area (Å²) in [5.74, 6) is -3.56. The van der Waals surface area contributed by atoms with E-state index >= 15 is 0 Å². The number of amides is 3. The molecule has 0 radical (unpaired) electrons. The van der Waals surface area contributed by atoms with Gasteiger partial charge in [-0.3, -0.25) is 14.4 Å². The molecule has 0 aromatic carbocycles. The second kappa shape index (κ2) is 32.5. The molecule has 288 valence electrons. The molecule has 0 unspecified atom stereocenters. The lowest BCUT2D eigenvalue weighted by atomic mass is 10.1. The number of nitrogens with two attached hydrogens (primary N) is 3.